The number of hydrogen-bond donors (Lipinski definition) is 1. The van der Waals surface area contributed by atoms with Crippen molar-refractivity contribution in [2.45, 2.75) is 10.9 Å². The van der Waals surface area contributed by atoms with E-state index in [1.165, 1.54) is 0 Å². The topological polar surface area (TPSA) is 35.2 Å². The molecule has 2 nitrogen and oxygen atoms in total. The van der Waals surface area contributed by atoms with Crippen LogP contribution in [0.2, 0.25) is 10.0 Å². The molecule has 0 saturated carbocycles. The van der Waals surface area contributed by atoms with Gasteiger partial charge in [0.2, 0.25) is 0 Å². The van der Waals surface area contributed by atoms with Gasteiger partial charge >= 0.3 is 0 Å². The molecule has 0 heterocycles. The van der Waals surface area contributed by atoms with E-state index in [9.17, 15) is 0 Å². The van der Waals surface area contributed by atoms with Crippen molar-refractivity contribution in [2.24, 2.45) is 5.73 Å². The fourth-order valence-electron chi connectivity index (χ4n) is 1.83. The number of thioether (sulfide) groups is 1. The number of benzene rings is 2. The maximum atomic E-state index is 6.24. The Kier molecular flexibility index (Phi) is 5.61. The molecule has 2 aromatic carbocycles. The third-order valence-corrected chi connectivity index (χ3v) is 4.72. The Morgan fingerprint density at radius 1 is 1.20 bits per heavy atom. The Morgan fingerprint density at radius 2 is 1.95 bits per heavy atom. The molecule has 0 aliphatic heterocycles. The van der Waals surface area contributed by atoms with E-state index >= 15 is 0 Å². The first kappa shape index (κ1) is 15.5. The van der Waals surface area contributed by atoms with Crippen LogP contribution >= 0.6 is 35.0 Å². The van der Waals surface area contributed by atoms with Gasteiger partial charge in [-0.2, -0.15) is 0 Å². The molecule has 2 aromatic rings. The van der Waals surface area contributed by atoms with Crippen molar-refractivity contribution >= 4 is 35.0 Å². The lowest BCUT2D eigenvalue weighted by atomic mass is 10.1. The zero-order valence-corrected chi connectivity index (χ0v) is 13.3. The number of hydrogen-bond acceptors (Lipinski definition) is 3. The highest BCUT2D eigenvalue weighted by atomic mass is 35.5. The van der Waals surface area contributed by atoms with Crippen LogP contribution in [0.4, 0.5) is 0 Å². The van der Waals surface area contributed by atoms with Crippen LogP contribution in [-0.2, 0) is 0 Å². The Hall–Kier alpha value is -0.870. The van der Waals surface area contributed by atoms with Crippen molar-refractivity contribution in [3.05, 3.63) is 58.1 Å². The van der Waals surface area contributed by atoms with E-state index in [0.717, 1.165) is 21.2 Å². The molecular formula is C15H15Cl2NOS. The molecule has 0 bridgehead atoms. The molecule has 0 spiro atoms. The Balaban J connectivity index is 2.11. The summed E-state index contributed by atoms with van der Waals surface area (Å²) in [7, 11) is 1.63. The van der Waals surface area contributed by atoms with E-state index in [-0.39, 0.29) is 6.04 Å². The maximum Gasteiger partial charge on any atom is 0.123 e. The van der Waals surface area contributed by atoms with E-state index in [4.69, 9.17) is 33.7 Å². The summed E-state index contributed by atoms with van der Waals surface area (Å²) >= 11 is 13.8. The number of ether oxygens (including phenoxy) is 1. The predicted octanol–water partition coefficient (Wildman–Crippen LogP) is 4.79. The first-order valence-electron chi connectivity index (χ1n) is 6.08. The van der Waals surface area contributed by atoms with Gasteiger partial charge in [-0.1, -0.05) is 35.3 Å². The van der Waals surface area contributed by atoms with Gasteiger partial charge in [0, 0.05) is 27.3 Å². The Morgan fingerprint density at radius 3 is 2.65 bits per heavy atom. The molecule has 0 fully saturated rings. The standard InChI is InChI=1S/C15H15Cl2NOS/c1-19-14-7-6-10(16)8-11(14)13(18)9-20-15-5-3-2-4-12(15)17/h2-8,13H,9,18H2,1H3. The van der Waals surface area contributed by atoms with Crippen LogP contribution in [0.1, 0.15) is 11.6 Å². The maximum absolute atomic E-state index is 6.24. The molecule has 5 heteroatoms. The SMILES string of the molecule is COc1ccc(Cl)cc1C(N)CSc1ccccc1Cl. The zero-order valence-electron chi connectivity index (χ0n) is 11.0. The van der Waals surface area contributed by atoms with Crippen molar-refractivity contribution < 1.29 is 4.74 Å². The highest BCUT2D eigenvalue weighted by molar-refractivity contribution is 7.99. The van der Waals surface area contributed by atoms with Crippen LogP contribution < -0.4 is 10.5 Å². The van der Waals surface area contributed by atoms with E-state index in [1.807, 2.05) is 36.4 Å². The Labute approximate surface area is 133 Å². The summed E-state index contributed by atoms with van der Waals surface area (Å²) in [6.07, 6.45) is 0. The Bertz CT molecular complexity index is 592. The summed E-state index contributed by atoms with van der Waals surface area (Å²) in [5, 5.41) is 1.39. The quantitative estimate of drug-likeness (QED) is 0.801. The molecular weight excluding hydrogens is 313 g/mol. The highest BCUT2D eigenvalue weighted by Gasteiger charge is 2.13. The van der Waals surface area contributed by atoms with Crippen LogP contribution in [0.15, 0.2) is 47.4 Å². The molecule has 0 aliphatic carbocycles. The molecule has 0 saturated heterocycles. The molecule has 2 N–H and O–H groups in total. The van der Waals surface area contributed by atoms with Crippen LogP contribution in [0, 0.1) is 0 Å². The molecule has 0 amide bonds. The van der Waals surface area contributed by atoms with Crippen molar-refractivity contribution in [1.29, 1.82) is 0 Å². The third-order valence-electron chi connectivity index (χ3n) is 2.85. The summed E-state index contributed by atoms with van der Waals surface area (Å²) in [6.45, 7) is 0. The van der Waals surface area contributed by atoms with Crippen LogP contribution in [0.25, 0.3) is 0 Å². The second-order valence-corrected chi connectivity index (χ2v) is 6.14. The van der Waals surface area contributed by atoms with Gasteiger partial charge in [0.15, 0.2) is 0 Å². The average molecular weight is 328 g/mol. The van der Waals surface area contributed by atoms with E-state index < -0.39 is 0 Å². The second kappa shape index (κ2) is 7.23. The van der Waals surface area contributed by atoms with Crippen molar-refractivity contribution in [1.82, 2.24) is 0 Å². The first-order chi connectivity index (χ1) is 9.61. The fraction of sp³-hybridized carbons (Fsp3) is 0.200. The zero-order chi connectivity index (χ0) is 14.5. The average Bonchev–Trinajstić information content (AvgIpc) is 2.46. The van der Waals surface area contributed by atoms with Gasteiger partial charge in [0.05, 0.1) is 12.1 Å². The predicted molar refractivity (Wildman–Crippen MR) is 87.1 cm³/mol. The van der Waals surface area contributed by atoms with E-state index in [2.05, 4.69) is 0 Å². The molecule has 0 aliphatic rings. The summed E-state index contributed by atoms with van der Waals surface area (Å²) in [6, 6.07) is 13.0. The van der Waals surface area contributed by atoms with Gasteiger partial charge in [-0.05, 0) is 30.3 Å². The number of rotatable bonds is 5. The van der Waals surface area contributed by atoms with E-state index in [1.54, 1.807) is 24.9 Å². The van der Waals surface area contributed by atoms with Crippen molar-refractivity contribution in [2.75, 3.05) is 12.9 Å². The molecule has 0 radical (unpaired) electrons. The lowest BCUT2D eigenvalue weighted by Crippen LogP contribution is -2.14. The lowest BCUT2D eigenvalue weighted by Gasteiger charge is -2.16. The minimum Gasteiger partial charge on any atom is -0.496 e. The summed E-state index contributed by atoms with van der Waals surface area (Å²) in [5.41, 5.74) is 7.14. The summed E-state index contributed by atoms with van der Waals surface area (Å²) in [4.78, 5) is 1.02. The number of nitrogens with two attached hydrogens (primary N) is 1. The van der Waals surface area contributed by atoms with Gasteiger partial charge in [-0.3, -0.25) is 0 Å². The van der Waals surface area contributed by atoms with Crippen molar-refractivity contribution in [3.63, 3.8) is 0 Å². The highest BCUT2D eigenvalue weighted by Crippen LogP contribution is 2.33. The van der Waals surface area contributed by atoms with Crippen LogP contribution in [0.5, 0.6) is 5.75 Å². The smallest absolute Gasteiger partial charge is 0.123 e. The van der Waals surface area contributed by atoms with Crippen LogP contribution in [-0.4, -0.2) is 12.9 Å². The summed E-state index contributed by atoms with van der Waals surface area (Å²) in [5.74, 6) is 1.45. The number of methoxy groups -OCH3 is 1. The first-order valence-corrected chi connectivity index (χ1v) is 7.82. The van der Waals surface area contributed by atoms with Gasteiger partial charge in [-0.15, -0.1) is 11.8 Å². The van der Waals surface area contributed by atoms with Gasteiger partial charge < -0.3 is 10.5 Å². The second-order valence-electron chi connectivity index (χ2n) is 4.23. The van der Waals surface area contributed by atoms with Gasteiger partial charge in [0.1, 0.15) is 5.75 Å². The molecule has 1 atom stereocenters. The largest absolute Gasteiger partial charge is 0.496 e. The van der Waals surface area contributed by atoms with E-state index in [0.29, 0.717) is 10.8 Å². The van der Waals surface area contributed by atoms with Gasteiger partial charge in [-0.25, -0.2) is 0 Å². The van der Waals surface area contributed by atoms with Gasteiger partial charge in [0.25, 0.3) is 0 Å². The van der Waals surface area contributed by atoms with Crippen molar-refractivity contribution in [3.8, 4) is 5.75 Å². The third kappa shape index (κ3) is 3.83. The molecule has 1 unspecified atom stereocenters. The van der Waals surface area contributed by atoms with Crippen LogP contribution in [0.3, 0.4) is 0 Å². The number of halogens is 2. The molecule has 2 rings (SSSR count). The summed E-state index contributed by atoms with van der Waals surface area (Å²) < 4.78 is 5.32. The normalized spacial score (nSPS) is 12.2. The lowest BCUT2D eigenvalue weighted by molar-refractivity contribution is 0.407. The minimum absolute atomic E-state index is 0.176. The molecule has 106 valence electrons. The monoisotopic (exact) mass is 327 g/mol. The minimum atomic E-state index is -0.176. The molecule has 0 aromatic heterocycles. The fourth-order valence-corrected chi connectivity index (χ4v) is 3.23. The molecule has 20 heavy (non-hydrogen) atoms.